The third-order valence-electron chi connectivity index (χ3n) is 5.31. The zero-order valence-corrected chi connectivity index (χ0v) is 16.1. The average Bonchev–Trinajstić information content (AvgIpc) is 3.22. The molecule has 0 saturated carbocycles. The molecule has 0 radical (unpaired) electrons. The summed E-state index contributed by atoms with van der Waals surface area (Å²) in [5.74, 6) is 0. The number of rotatable bonds is 5. The molecule has 4 rings (SSSR count). The lowest BCUT2D eigenvalue weighted by Gasteiger charge is -2.14. The van der Waals surface area contributed by atoms with Crippen LogP contribution in [-0.2, 0) is 19.3 Å². The molecule has 0 aliphatic rings. The van der Waals surface area contributed by atoms with Gasteiger partial charge >= 0.3 is 0 Å². The second kappa shape index (κ2) is 7.36. The Kier molecular flexibility index (Phi) is 4.76. The van der Waals surface area contributed by atoms with Crippen LogP contribution >= 0.6 is 0 Å². The van der Waals surface area contributed by atoms with Gasteiger partial charge in [-0.15, -0.1) is 0 Å². The second-order valence-corrected chi connectivity index (χ2v) is 6.82. The Morgan fingerprint density at radius 1 is 0.852 bits per heavy atom. The molecule has 0 spiro atoms. The first-order chi connectivity index (χ1) is 13.2. The van der Waals surface area contributed by atoms with Crippen LogP contribution in [0.5, 0.6) is 0 Å². The van der Waals surface area contributed by atoms with Crippen molar-refractivity contribution in [2.24, 2.45) is 0 Å². The van der Waals surface area contributed by atoms with Gasteiger partial charge in [-0.05, 0) is 65.8 Å². The number of benzene rings is 2. The highest BCUT2D eigenvalue weighted by atomic mass is 16.5. The van der Waals surface area contributed by atoms with Crippen molar-refractivity contribution >= 4 is 10.9 Å². The van der Waals surface area contributed by atoms with Gasteiger partial charge in [-0.1, -0.05) is 44.1 Å². The Balaban J connectivity index is 1.86. The molecular weight excluding hydrogens is 332 g/mol. The predicted octanol–water partition coefficient (Wildman–Crippen LogP) is 6.24. The number of hydrogen-bond donors (Lipinski definition) is 0. The highest BCUT2D eigenvalue weighted by molar-refractivity contribution is 5.88. The van der Waals surface area contributed by atoms with Crippen LogP contribution in [0.4, 0.5) is 0 Å². The molecule has 2 aromatic heterocycles. The van der Waals surface area contributed by atoms with Gasteiger partial charge in [0, 0.05) is 22.7 Å². The van der Waals surface area contributed by atoms with E-state index in [1.54, 1.807) is 6.26 Å². The smallest absolute Gasteiger partial charge is 0.132 e. The molecule has 2 heterocycles. The molecule has 27 heavy (non-hydrogen) atoms. The first-order valence-corrected chi connectivity index (χ1v) is 9.69. The summed E-state index contributed by atoms with van der Waals surface area (Å²) in [7, 11) is 0. The molecule has 2 aromatic carbocycles. The number of nitrogens with zero attached hydrogens (tertiary/aromatic N) is 2. The number of aromatic nitrogens is 2. The molecule has 0 saturated heterocycles. The van der Waals surface area contributed by atoms with Crippen molar-refractivity contribution in [3.05, 3.63) is 71.6 Å². The van der Waals surface area contributed by atoms with Gasteiger partial charge in [-0.2, -0.15) is 0 Å². The summed E-state index contributed by atoms with van der Waals surface area (Å²) in [6, 6.07) is 14.9. The van der Waals surface area contributed by atoms with Crippen molar-refractivity contribution in [2.45, 2.75) is 40.0 Å². The largest absolute Gasteiger partial charge is 0.363 e. The van der Waals surface area contributed by atoms with Crippen LogP contribution in [0.1, 0.15) is 37.5 Å². The van der Waals surface area contributed by atoms with Crippen LogP contribution in [-0.4, -0.2) is 10.1 Å². The van der Waals surface area contributed by atoms with E-state index < -0.39 is 0 Å². The van der Waals surface area contributed by atoms with Crippen molar-refractivity contribution in [1.82, 2.24) is 10.1 Å². The topological polar surface area (TPSA) is 38.9 Å². The third kappa shape index (κ3) is 3.14. The maximum Gasteiger partial charge on any atom is 0.132 e. The summed E-state index contributed by atoms with van der Waals surface area (Å²) < 4.78 is 5.40. The number of aryl methyl sites for hydroxylation is 2. The maximum absolute atomic E-state index is 5.40. The first kappa shape index (κ1) is 17.5. The van der Waals surface area contributed by atoms with Crippen molar-refractivity contribution < 1.29 is 4.52 Å². The van der Waals surface area contributed by atoms with E-state index in [1.165, 1.54) is 16.7 Å². The molecule has 136 valence electrons. The lowest BCUT2D eigenvalue weighted by Crippen LogP contribution is -1.99. The molecule has 0 aliphatic heterocycles. The van der Waals surface area contributed by atoms with Crippen LogP contribution in [0.2, 0.25) is 0 Å². The summed E-state index contributed by atoms with van der Waals surface area (Å²) >= 11 is 0. The van der Waals surface area contributed by atoms with Gasteiger partial charge in [0.1, 0.15) is 12.0 Å². The second-order valence-electron chi connectivity index (χ2n) is 6.82. The van der Waals surface area contributed by atoms with Crippen molar-refractivity contribution in [3.8, 4) is 22.4 Å². The van der Waals surface area contributed by atoms with Gasteiger partial charge in [0.05, 0.1) is 5.52 Å². The van der Waals surface area contributed by atoms with Crippen LogP contribution in [0, 0.1) is 0 Å². The third-order valence-corrected chi connectivity index (χ3v) is 5.31. The Hall–Kier alpha value is -2.94. The molecule has 0 amide bonds. The van der Waals surface area contributed by atoms with Gasteiger partial charge in [0.2, 0.25) is 0 Å². The van der Waals surface area contributed by atoms with E-state index in [1.807, 2.05) is 12.3 Å². The summed E-state index contributed by atoms with van der Waals surface area (Å²) in [6.45, 7) is 6.67. The lowest BCUT2D eigenvalue weighted by atomic mass is 9.90. The highest BCUT2D eigenvalue weighted by Crippen LogP contribution is 2.34. The zero-order valence-electron chi connectivity index (χ0n) is 16.1. The van der Waals surface area contributed by atoms with Crippen LogP contribution in [0.3, 0.4) is 0 Å². The fourth-order valence-electron chi connectivity index (χ4n) is 3.90. The van der Waals surface area contributed by atoms with Crippen molar-refractivity contribution in [1.29, 1.82) is 0 Å². The molecule has 0 fully saturated rings. The Bertz CT molecular complexity index is 1070. The monoisotopic (exact) mass is 356 g/mol. The van der Waals surface area contributed by atoms with Gasteiger partial charge in [-0.3, -0.25) is 4.98 Å². The average molecular weight is 356 g/mol. The quantitative estimate of drug-likeness (QED) is 0.424. The molecule has 0 N–H and O–H groups in total. The van der Waals surface area contributed by atoms with Gasteiger partial charge in [-0.25, -0.2) is 0 Å². The molecule has 0 atom stereocenters. The minimum absolute atomic E-state index is 0.900. The molecule has 3 nitrogen and oxygen atoms in total. The van der Waals surface area contributed by atoms with Crippen molar-refractivity contribution in [2.75, 3.05) is 0 Å². The standard InChI is InChI=1S/C24H24N2O/c1-4-16-12-20(13-17(5-2)21(16)6-3)24-22(15-27-26-24)19-10-9-18-8-7-11-25-23(18)14-19/h7-15H,4-6H2,1-3H3. The first-order valence-electron chi connectivity index (χ1n) is 9.69. The lowest BCUT2D eigenvalue weighted by molar-refractivity contribution is 0.422. The van der Waals surface area contributed by atoms with E-state index in [0.29, 0.717) is 0 Å². The van der Waals surface area contributed by atoms with Gasteiger partial charge in [0.15, 0.2) is 0 Å². The van der Waals surface area contributed by atoms with E-state index >= 15 is 0 Å². The summed E-state index contributed by atoms with van der Waals surface area (Å²) in [6.07, 6.45) is 6.68. The SMILES string of the molecule is CCc1cc(-c2nocc2-c2ccc3cccnc3c2)cc(CC)c1CC. The van der Waals surface area contributed by atoms with E-state index in [0.717, 1.165) is 52.5 Å². The number of pyridine rings is 1. The molecule has 4 aromatic rings. The van der Waals surface area contributed by atoms with E-state index in [9.17, 15) is 0 Å². The Morgan fingerprint density at radius 2 is 1.63 bits per heavy atom. The molecule has 0 bridgehead atoms. The Labute approximate surface area is 160 Å². The highest BCUT2D eigenvalue weighted by Gasteiger charge is 2.16. The number of fused-ring (bicyclic) bond motifs is 1. The summed E-state index contributed by atoms with van der Waals surface area (Å²) in [4.78, 5) is 4.48. The van der Waals surface area contributed by atoms with Crippen LogP contribution in [0.15, 0.2) is 59.4 Å². The van der Waals surface area contributed by atoms with Gasteiger partial charge in [0.25, 0.3) is 0 Å². The summed E-state index contributed by atoms with van der Waals surface area (Å²) in [5, 5.41) is 5.49. The van der Waals surface area contributed by atoms with E-state index in [4.69, 9.17) is 4.52 Å². The minimum atomic E-state index is 0.900. The van der Waals surface area contributed by atoms with E-state index in [2.05, 4.69) is 67.3 Å². The number of hydrogen-bond acceptors (Lipinski definition) is 3. The zero-order chi connectivity index (χ0) is 18.8. The normalized spacial score (nSPS) is 11.2. The summed E-state index contributed by atoms with van der Waals surface area (Å²) in [5.41, 5.74) is 9.38. The fourth-order valence-corrected chi connectivity index (χ4v) is 3.90. The predicted molar refractivity (Wildman–Crippen MR) is 111 cm³/mol. The van der Waals surface area contributed by atoms with Gasteiger partial charge < -0.3 is 4.52 Å². The maximum atomic E-state index is 5.40. The molecule has 0 aliphatic carbocycles. The molecular formula is C24H24N2O. The Morgan fingerprint density at radius 3 is 2.33 bits per heavy atom. The fraction of sp³-hybridized carbons (Fsp3) is 0.250. The molecule has 0 unspecified atom stereocenters. The van der Waals surface area contributed by atoms with E-state index in [-0.39, 0.29) is 0 Å². The minimum Gasteiger partial charge on any atom is -0.363 e. The molecule has 3 heteroatoms. The van der Waals surface area contributed by atoms with Crippen LogP contribution in [0.25, 0.3) is 33.3 Å². The van der Waals surface area contributed by atoms with Crippen LogP contribution < -0.4 is 0 Å². The van der Waals surface area contributed by atoms with Crippen molar-refractivity contribution in [3.63, 3.8) is 0 Å².